The van der Waals surface area contributed by atoms with Crippen LogP contribution in [0.5, 0.6) is 0 Å². The molecule has 0 aromatic heterocycles. The molecule has 1 aliphatic carbocycles. The fourth-order valence-corrected chi connectivity index (χ4v) is 1.82. The Morgan fingerprint density at radius 2 is 2.00 bits per heavy atom. The van der Waals surface area contributed by atoms with Crippen molar-refractivity contribution >= 4 is 17.7 Å². The Labute approximate surface area is 77.5 Å². The van der Waals surface area contributed by atoms with E-state index in [0.29, 0.717) is 6.04 Å². The lowest BCUT2D eigenvalue weighted by molar-refractivity contribution is -0.146. The largest absolute Gasteiger partial charge is 0.469 e. The van der Waals surface area contributed by atoms with Gasteiger partial charge in [-0.05, 0) is 37.5 Å². The predicted octanol–water partition coefficient (Wildman–Crippen LogP) is 1.46. The second kappa shape index (κ2) is 4.67. The van der Waals surface area contributed by atoms with Crippen molar-refractivity contribution in [3.8, 4) is 0 Å². The van der Waals surface area contributed by atoms with Gasteiger partial charge in [-0.1, -0.05) is 0 Å². The normalized spacial score (nSPS) is 29.8. The summed E-state index contributed by atoms with van der Waals surface area (Å²) in [5.41, 5.74) is 0. The van der Waals surface area contributed by atoms with Crippen molar-refractivity contribution in [3.63, 3.8) is 0 Å². The molecule has 0 bridgehead atoms. The summed E-state index contributed by atoms with van der Waals surface area (Å²) in [5, 5.41) is 0. The van der Waals surface area contributed by atoms with Gasteiger partial charge in [0.15, 0.2) is 0 Å². The zero-order valence-corrected chi connectivity index (χ0v) is 7.93. The van der Waals surface area contributed by atoms with E-state index < -0.39 is 0 Å². The maximum Gasteiger partial charge on any atom is 0.308 e. The average Bonchev–Trinajstić information content (AvgIpc) is 2.17. The number of halogens is 1. The molecule has 0 aromatic rings. The summed E-state index contributed by atoms with van der Waals surface area (Å²) in [7, 11) is 1.44. The molecule has 0 unspecified atom stereocenters. The van der Waals surface area contributed by atoms with Crippen LogP contribution in [0.4, 0.5) is 0 Å². The van der Waals surface area contributed by atoms with E-state index in [0.717, 1.165) is 25.7 Å². The Hall–Kier alpha value is -0.280. The standard InChI is InChI=1S/C8H14ClNO2/c1-12-8(11)6-2-4-7(10-9)5-3-6/h6-7,10H,2-5H2,1H3/t6-,7-. The quantitative estimate of drug-likeness (QED) is 0.531. The molecule has 1 N–H and O–H groups in total. The van der Waals surface area contributed by atoms with Crippen LogP contribution in [0, 0.1) is 5.92 Å². The molecule has 0 atom stereocenters. The smallest absolute Gasteiger partial charge is 0.308 e. The fourth-order valence-electron chi connectivity index (χ4n) is 1.60. The molecule has 0 spiro atoms. The molecule has 1 fully saturated rings. The topological polar surface area (TPSA) is 38.3 Å². The van der Waals surface area contributed by atoms with Gasteiger partial charge < -0.3 is 4.74 Å². The highest BCUT2D eigenvalue weighted by molar-refractivity contribution is 6.13. The SMILES string of the molecule is COC(=O)[C@H]1CC[C@H](NCl)CC1. The molecule has 0 aliphatic heterocycles. The van der Waals surface area contributed by atoms with Crippen LogP contribution in [0.1, 0.15) is 25.7 Å². The predicted molar refractivity (Wildman–Crippen MR) is 46.8 cm³/mol. The number of methoxy groups -OCH3 is 1. The second-order valence-electron chi connectivity index (χ2n) is 3.18. The van der Waals surface area contributed by atoms with Gasteiger partial charge in [0.2, 0.25) is 0 Å². The molecule has 12 heavy (non-hydrogen) atoms. The Bertz CT molecular complexity index is 155. The number of esters is 1. The minimum Gasteiger partial charge on any atom is -0.469 e. The van der Waals surface area contributed by atoms with Gasteiger partial charge in [-0.3, -0.25) is 4.79 Å². The van der Waals surface area contributed by atoms with E-state index in [1.807, 2.05) is 0 Å². The van der Waals surface area contributed by atoms with Crippen LogP contribution < -0.4 is 4.84 Å². The molecule has 0 heterocycles. The van der Waals surface area contributed by atoms with Crippen LogP contribution >= 0.6 is 11.8 Å². The number of nitrogens with one attached hydrogen (secondary N) is 1. The minimum absolute atomic E-state index is 0.0805. The molecule has 0 aromatic carbocycles. The van der Waals surface area contributed by atoms with Gasteiger partial charge in [0.25, 0.3) is 0 Å². The molecular formula is C8H14ClNO2. The minimum atomic E-state index is -0.0805. The van der Waals surface area contributed by atoms with Crippen molar-refractivity contribution in [2.24, 2.45) is 5.92 Å². The lowest BCUT2D eigenvalue weighted by atomic mass is 9.86. The van der Waals surface area contributed by atoms with E-state index in [1.165, 1.54) is 7.11 Å². The number of carbonyl (C=O) groups excluding carboxylic acids is 1. The van der Waals surface area contributed by atoms with Crippen LogP contribution in [-0.4, -0.2) is 19.1 Å². The maximum atomic E-state index is 11.1. The lowest BCUT2D eigenvalue weighted by Gasteiger charge is -2.25. The molecule has 4 heteroatoms. The monoisotopic (exact) mass is 191 g/mol. The van der Waals surface area contributed by atoms with Gasteiger partial charge in [-0.2, -0.15) is 0 Å². The summed E-state index contributed by atoms with van der Waals surface area (Å²) in [6, 6.07) is 0.368. The van der Waals surface area contributed by atoms with Crippen LogP contribution in [0.15, 0.2) is 0 Å². The van der Waals surface area contributed by atoms with E-state index in [2.05, 4.69) is 9.57 Å². The third-order valence-corrected chi connectivity index (χ3v) is 2.72. The van der Waals surface area contributed by atoms with Crippen molar-refractivity contribution in [2.45, 2.75) is 31.7 Å². The number of rotatable bonds is 2. The van der Waals surface area contributed by atoms with Gasteiger partial charge in [0, 0.05) is 6.04 Å². The van der Waals surface area contributed by atoms with Crippen molar-refractivity contribution in [1.82, 2.24) is 4.84 Å². The summed E-state index contributed by atoms with van der Waals surface area (Å²) in [6.07, 6.45) is 3.70. The zero-order valence-electron chi connectivity index (χ0n) is 7.18. The van der Waals surface area contributed by atoms with Gasteiger partial charge in [0.1, 0.15) is 0 Å². The molecule has 0 radical (unpaired) electrons. The van der Waals surface area contributed by atoms with Crippen molar-refractivity contribution in [3.05, 3.63) is 0 Å². The zero-order chi connectivity index (χ0) is 8.97. The number of carbonyl (C=O) groups is 1. The van der Waals surface area contributed by atoms with E-state index >= 15 is 0 Å². The van der Waals surface area contributed by atoms with Gasteiger partial charge in [-0.25, -0.2) is 4.84 Å². The van der Waals surface area contributed by atoms with E-state index in [1.54, 1.807) is 0 Å². The average molecular weight is 192 g/mol. The summed E-state index contributed by atoms with van der Waals surface area (Å²) < 4.78 is 4.67. The fraction of sp³-hybridized carbons (Fsp3) is 0.875. The Kier molecular flexibility index (Phi) is 3.82. The molecule has 0 amide bonds. The summed E-state index contributed by atoms with van der Waals surface area (Å²) in [6.45, 7) is 0. The lowest BCUT2D eigenvalue weighted by Crippen LogP contribution is -2.30. The Morgan fingerprint density at radius 3 is 2.42 bits per heavy atom. The number of hydrogen-bond donors (Lipinski definition) is 1. The molecule has 1 rings (SSSR count). The highest BCUT2D eigenvalue weighted by Gasteiger charge is 2.26. The van der Waals surface area contributed by atoms with Gasteiger partial charge >= 0.3 is 5.97 Å². The third-order valence-electron chi connectivity index (χ3n) is 2.42. The molecule has 0 saturated heterocycles. The summed E-state index contributed by atoms with van der Waals surface area (Å²) in [5.74, 6) is 0.0132. The third kappa shape index (κ3) is 2.35. The summed E-state index contributed by atoms with van der Waals surface area (Å²) >= 11 is 5.48. The Balaban J connectivity index is 2.30. The number of hydrogen-bond acceptors (Lipinski definition) is 3. The maximum absolute atomic E-state index is 11.1. The van der Waals surface area contributed by atoms with Gasteiger partial charge in [-0.15, -0.1) is 0 Å². The highest BCUT2D eigenvalue weighted by Crippen LogP contribution is 2.25. The summed E-state index contributed by atoms with van der Waals surface area (Å²) in [4.78, 5) is 13.8. The van der Waals surface area contributed by atoms with E-state index in [4.69, 9.17) is 11.8 Å². The van der Waals surface area contributed by atoms with Crippen LogP contribution in [0.2, 0.25) is 0 Å². The van der Waals surface area contributed by atoms with Crippen LogP contribution in [0.25, 0.3) is 0 Å². The van der Waals surface area contributed by atoms with E-state index in [-0.39, 0.29) is 11.9 Å². The van der Waals surface area contributed by atoms with Crippen molar-refractivity contribution < 1.29 is 9.53 Å². The first-order valence-corrected chi connectivity index (χ1v) is 4.59. The molecular weight excluding hydrogens is 178 g/mol. The van der Waals surface area contributed by atoms with Gasteiger partial charge in [0.05, 0.1) is 13.0 Å². The molecule has 1 aliphatic rings. The van der Waals surface area contributed by atoms with Crippen LogP contribution in [0.3, 0.4) is 0 Å². The second-order valence-corrected chi connectivity index (χ2v) is 3.40. The van der Waals surface area contributed by atoms with Crippen molar-refractivity contribution in [2.75, 3.05) is 7.11 Å². The molecule has 70 valence electrons. The molecule has 3 nitrogen and oxygen atoms in total. The number of ether oxygens (including phenoxy) is 1. The van der Waals surface area contributed by atoms with Crippen molar-refractivity contribution in [1.29, 1.82) is 0 Å². The first kappa shape index (κ1) is 9.81. The first-order chi connectivity index (χ1) is 5.77. The Morgan fingerprint density at radius 1 is 1.42 bits per heavy atom. The van der Waals surface area contributed by atoms with Crippen LogP contribution in [-0.2, 0) is 9.53 Å². The van der Waals surface area contributed by atoms with E-state index in [9.17, 15) is 4.79 Å². The highest BCUT2D eigenvalue weighted by atomic mass is 35.5. The first-order valence-electron chi connectivity index (χ1n) is 4.22. The molecule has 1 saturated carbocycles.